The van der Waals surface area contributed by atoms with Crippen molar-refractivity contribution in [2.75, 3.05) is 0 Å². The van der Waals surface area contributed by atoms with Gasteiger partial charge >= 0.3 is 0 Å². The van der Waals surface area contributed by atoms with Crippen molar-refractivity contribution in [1.82, 2.24) is 9.13 Å². The van der Waals surface area contributed by atoms with Gasteiger partial charge in [0.25, 0.3) is 0 Å². The van der Waals surface area contributed by atoms with Crippen LogP contribution in [0.2, 0.25) is 0 Å². The number of aryl methyl sites for hydroxylation is 2. The van der Waals surface area contributed by atoms with Crippen molar-refractivity contribution < 1.29 is 20.1 Å². The number of benzene rings is 2. The average Bonchev–Trinajstić information content (AvgIpc) is 2.70. The standard InChI is InChI=1S/C15H14N2.Ir/c1-12-7-6-10-14-15(12)17(11-16(14)2)13-8-4-3-5-9-13;/h3-8,10-11H,1-2H3;. The molecule has 93 valence electrons. The predicted octanol–water partition coefficient (Wildman–Crippen LogP) is 3.36. The fourth-order valence-corrected chi connectivity index (χ4v) is 2.25. The summed E-state index contributed by atoms with van der Waals surface area (Å²) in [5, 5.41) is 0. The molecule has 0 aliphatic rings. The van der Waals surface area contributed by atoms with Gasteiger partial charge in [-0.25, -0.2) is 4.57 Å². The molecular weight excluding hydrogens is 400 g/mol. The molecule has 0 N–H and O–H groups in total. The molecule has 3 aromatic rings. The summed E-state index contributed by atoms with van der Waals surface area (Å²) in [7, 11) is 2.07. The van der Waals surface area contributed by atoms with E-state index in [1.54, 1.807) is 0 Å². The molecule has 3 heteroatoms. The van der Waals surface area contributed by atoms with Crippen molar-refractivity contribution in [3.63, 3.8) is 0 Å². The fourth-order valence-electron chi connectivity index (χ4n) is 2.25. The monoisotopic (exact) mass is 415 g/mol. The number of hydrogen-bond acceptors (Lipinski definition) is 0. The van der Waals surface area contributed by atoms with Gasteiger partial charge in [-0.15, -0.1) is 12.1 Å². The average molecular weight is 415 g/mol. The summed E-state index contributed by atoms with van der Waals surface area (Å²) in [6.07, 6.45) is 2.10. The van der Waals surface area contributed by atoms with E-state index in [9.17, 15) is 0 Å². The first-order chi connectivity index (χ1) is 8.27. The van der Waals surface area contributed by atoms with Crippen LogP contribution in [0.5, 0.6) is 0 Å². The van der Waals surface area contributed by atoms with Crippen molar-refractivity contribution in [2.24, 2.45) is 7.05 Å². The molecule has 18 heavy (non-hydrogen) atoms. The van der Waals surface area contributed by atoms with Crippen LogP contribution in [0, 0.1) is 13.0 Å². The Balaban J connectivity index is 0.00000120. The molecule has 1 aromatic heterocycles. The molecule has 1 heterocycles. The van der Waals surface area contributed by atoms with Gasteiger partial charge in [0.2, 0.25) is 0 Å². The first-order valence-corrected chi connectivity index (χ1v) is 5.71. The zero-order chi connectivity index (χ0) is 11.8. The minimum Gasteiger partial charge on any atom is -0.248 e. The summed E-state index contributed by atoms with van der Waals surface area (Å²) < 4.78 is 4.33. The van der Waals surface area contributed by atoms with Crippen LogP contribution >= 0.6 is 0 Å². The van der Waals surface area contributed by atoms with E-state index in [1.807, 2.05) is 18.2 Å². The van der Waals surface area contributed by atoms with Crippen molar-refractivity contribution in [2.45, 2.75) is 6.92 Å². The largest absolute Gasteiger partial charge is 0.248 e. The molecule has 0 aliphatic heterocycles. The summed E-state index contributed by atoms with van der Waals surface area (Å²) in [5.41, 5.74) is 4.84. The van der Waals surface area contributed by atoms with E-state index in [0.29, 0.717) is 0 Å². The number of fused-ring (bicyclic) bond motifs is 1. The Kier molecular flexibility index (Phi) is 3.65. The van der Waals surface area contributed by atoms with Gasteiger partial charge in [-0.05, 0) is 19.1 Å². The second-order valence-electron chi connectivity index (χ2n) is 4.29. The minimum absolute atomic E-state index is 0. The molecule has 0 bridgehead atoms. The van der Waals surface area contributed by atoms with Crippen LogP contribution in [0.1, 0.15) is 5.56 Å². The van der Waals surface area contributed by atoms with E-state index in [0.717, 1.165) is 5.69 Å². The molecule has 0 atom stereocenters. The Hall–Kier alpha value is -1.44. The SMILES string of the molecule is Cc1cccc2c1n(-c1[c-]cccc1)[cH+]n2C.[Ir]. The normalized spacial score (nSPS) is 10.3. The molecule has 0 amide bonds. The zero-order valence-electron chi connectivity index (χ0n) is 10.3. The van der Waals surface area contributed by atoms with Gasteiger partial charge in [0, 0.05) is 44.5 Å². The first kappa shape index (κ1) is 13.0. The van der Waals surface area contributed by atoms with Crippen LogP contribution in [-0.2, 0) is 27.2 Å². The minimum atomic E-state index is 0. The van der Waals surface area contributed by atoms with Gasteiger partial charge in [-0.2, -0.15) is 22.8 Å². The maximum absolute atomic E-state index is 3.27. The summed E-state index contributed by atoms with van der Waals surface area (Å²) >= 11 is 0. The third-order valence-electron chi connectivity index (χ3n) is 3.08. The van der Waals surface area contributed by atoms with Gasteiger partial charge in [0.05, 0.1) is 0 Å². The number of imidazole rings is 1. The van der Waals surface area contributed by atoms with Gasteiger partial charge in [0.1, 0.15) is 0 Å². The van der Waals surface area contributed by atoms with Gasteiger partial charge < -0.3 is 0 Å². The molecule has 0 fully saturated rings. The van der Waals surface area contributed by atoms with Crippen LogP contribution < -0.4 is 0 Å². The quantitative estimate of drug-likeness (QED) is 0.541. The number of nitrogens with zero attached hydrogens (tertiary/aromatic N) is 2. The summed E-state index contributed by atoms with van der Waals surface area (Å²) in [6.45, 7) is 2.14. The topological polar surface area (TPSA) is 9.86 Å². The third-order valence-corrected chi connectivity index (χ3v) is 3.08. The summed E-state index contributed by atoms with van der Waals surface area (Å²) in [5.74, 6) is 0. The zero-order valence-corrected chi connectivity index (χ0v) is 12.7. The number of para-hydroxylation sites is 2. The molecule has 0 spiro atoms. The van der Waals surface area contributed by atoms with Crippen LogP contribution in [0.25, 0.3) is 16.7 Å². The molecule has 0 saturated carbocycles. The second-order valence-corrected chi connectivity index (χ2v) is 4.29. The predicted molar refractivity (Wildman–Crippen MR) is 70.2 cm³/mol. The molecule has 2 nitrogen and oxygen atoms in total. The van der Waals surface area contributed by atoms with E-state index >= 15 is 0 Å². The Bertz CT molecular complexity index is 672. The van der Waals surface area contributed by atoms with Crippen molar-refractivity contribution in [3.8, 4) is 5.69 Å². The number of aromatic nitrogens is 2. The van der Waals surface area contributed by atoms with Gasteiger partial charge in [-0.1, -0.05) is 0 Å². The smallest absolute Gasteiger partial charge is 0.191 e. The summed E-state index contributed by atoms with van der Waals surface area (Å²) in [6, 6.07) is 17.7. The van der Waals surface area contributed by atoms with Crippen molar-refractivity contribution in [3.05, 3.63) is 60.4 Å². The maximum atomic E-state index is 3.27. The van der Waals surface area contributed by atoms with E-state index < -0.39 is 0 Å². The Morgan fingerprint density at radius 2 is 1.94 bits per heavy atom. The Morgan fingerprint density at radius 3 is 2.67 bits per heavy atom. The van der Waals surface area contributed by atoms with Crippen LogP contribution in [0.3, 0.4) is 0 Å². The van der Waals surface area contributed by atoms with E-state index in [1.165, 1.54) is 16.6 Å². The molecule has 1 radical (unpaired) electrons. The summed E-state index contributed by atoms with van der Waals surface area (Å²) in [4.78, 5) is 0. The van der Waals surface area contributed by atoms with E-state index in [4.69, 9.17) is 0 Å². The number of hydrogen-bond donors (Lipinski definition) is 0. The molecule has 0 saturated heterocycles. The van der Waals surface area contributed by atoms with Crippen molar-refractivity contribution in [1.29, 1.82) is 0 Å². The van der Waals surface area contributed by atoms with Crippen LogP contribution in [0.4, 0.5) is 0 Å². The van der Waals surface area contributed by atoms with Crippen LogP contribution in [-0.4, -0.2) is 9.13 Å². The molecular formula is C15H14IrN2. The van der Waals surface area contributed by atoms with Crippen LogP contribution in [0.15, 0.2) is 48.8 Å². The Morgan fingerprint density at radius 1 is 1.11 bits per heavy atom. The fraction of sp³-hybridized carbons (Fsp3) is 0.133. The van der Waals surface area contributed by atoms with E-state index in [2.05, 4.69) is 59.8 Å². The Labute approximate surface area is 120 Å². The third kappa shape index (κ3) is 2.00. The molecule has 0 unspecified atom stereocenters. The second kappa shape index (κ2) is 5.05. The van der Waals surface area contributed by atoms with E-state index in [-0.39, 0.29) is 20.1 Å². The van der Waals surface area contributed by atoms with Gasteiger partial charge in [-0.3, -0.25) is 0 Å². The van der Waals surface area contributed by atoms with Gasteiger partial charge in [0.15, 0.2) is 17.4 Å². The molecule has 2 aromatic carbocycles. The maximum Gasteiger partial charge on any atom is 0.191 e. The van der Waals surface area contributed by atoms with Crippen molar-refractivity contribution >= 4 is 11.0 Å². The molecule has 0 aliphatic carbocycles. The number of rotatable bonds is 1. The first-order valence-electron chi connectivity index (χ1n) is 5.71. The molecule has 3 rings (SSSR count).